The highest BCUT2D eigenvalue weighted by molar-refractivity contribution is 7.92. The van der Waals surface area contributed by atoms with E-state index in [1.165, 1.54) is 23.6 Å². The predicted molar refractivity (Wildman–Crippen MR) is 78.9 cm³/mol. The van der Waals surface area contributed by atoms with E-state index < -0.39 is 10.0 Å². The summed E-state index contributed by atoms with van der Waals surface area (Å²) < 4.78 is 26.6. The molecule has 0 atom stereocenters. The molecule has 0 aliphatic heterocycles. The lowest BCUT2D eigenvalue weighted by Gasteiger charge is -2.21. The molecule has 0 bridgehead atoms. The van der Waals surface area contributed by atoms with Gasteiger partial charge in [0.2, 0.25) is 0 Å². The molecule has 0 radical (unpaired) electrons. The van der Waals surface area contributed by atoms with E-state index in [0.717, 1.165) is 5.56 Å². The standard InChI is InChI=1S/C14H17N3O2S/c1-11-5-3-6-12(9-11)17(2)20(18,19)14-7-4-8-16-13(14)10-15/h3-9H,10,15H2,1-2H3. The molecule has 0 amide bonds. The molecular weight excluding hydrogens is 274 g/mol. The Kier molecular flexibility index (Phi) is 4.06. The first-order valence-corrected chi connectivity index (χ1v) is 7.60. The zero-order chi connectivity index (χ0) is 14.8. The van der Waals surface area contributed by atoms with Crippen molar-refractivity contribution in [3.63, 3.8) is 0 Å². The summed E-state index contributed by atoms with van der Waals surface area (Å²) in [5, 5.41) is 0. The maximum atomic E-state index is 12.7. The van der Waals surface area contributed by atoms with E-state index in [9.17, 15) is 8.42 Å². The lowest BCUT2D eigenvalue weighted by Crippen LogP contribution is -2.28. The monoisotopic (exact) mass is 291 g/mol. The third kappa shape index (κ3) is 2.66. The molecule has 1 heterocycles. The zero-order valence-electron chi connectivity index (χ0n) is 11.4. The predicted octanol–water partition coefficient (Wildman–Crippen LogP) is 1.67. The molecule has 1 aromatic carbocycles. The highest BCUT2D eigenvalue weighted by Gasteiger charge is 2.24. The fourth-order valence-corrected chi connectivity index (χ4v) is 3.29. The van der Waals surface area contributed by atoms with Gasteiger partial charge in [-0.25, -0.2) is 8.42 Å². The van der Waals surface area contributed by atoms with Gasteiger partial charge in [-0.05, 0) is 36.8 Å². The van der Waals surface area contributed by atoms with Crippen LogP contribution in [0.4, 0.5) is 5.69 Å². The Balaban J connectivity index is 2.50. The van der Waals surface area contributed by atoms with Crippen molar-refractivity contribution in [3.05, 3.63) is 53.9 Å². The molecule has 20 heavy (non-hydrogen) atoms. The summed E-state index contributed by atoms with van der Waals surface area (Å²) in [6.45, 7) is 2.00. The second-order valence-electron chi connectivity index (χ2n) is 4.46. The van der Waals surface area contributed by atoms with Gasteiger partial charge in [-0.1, -0.05) is 12.1 Å². The van der Waals surface area contributed by atoms with Crippen LogP contribution in [0.3, 0.4) is 0 Å². The fourth-order valence-electron chi connectivity index (χ4n) is 1.92. The topological polar surface area (TPSA) is 76.3 Å². The number of anilines is 1. The van der Waals surface area contributed by atoms with Crippen molar-refractivity contribution in [3.8, 4) is 0 Å². The Bertz CT molecular complexity index is 714. The molecule has 1 aromatic heterocycles. The summed E-state index contributed by atoms with van der Waals surface area (Å²) in [6, 6.07) is 10.4. The summed E-state index contributed by atoms with van der Waals surface area (Å²) in [5.74, 6) is 0. The maximum absolute atomic E-state index is 12.7. The summed E-state index contributed by atoms with van der Waals surface area (Å²) in [6.07, 6.45) is 1.54. The second kappa shape index (κ2) is 5.60. The van der Waals surface area contributed by atoms with E-state index in [1.807, 2.05) is 25.1 Å². The third-order valence-corrected chi connectivity index (χ3v) is 4.90. The van der Waals surface area contributed by atoms with Crippen LogP contribution in [0.5, 0.6) is 0 Å². The van der Waals surface area contributed by atoms with Gasteiger partial charge in [0.05, 0.1) is 11.4 Å². The van der Waals surface area contributed by atoms with Gasteiger partial charge in [0.15, 0.2) is 0 Å². The van der Waals surface area contributed by atoms with Crippen LogP contribution < -0.4 is 10.0 Å². The van der Waals surface area contributed by atoms with Crippen molar-refractivity contribution >= 4 is 15.7 Å². The van der Waals surface area contributed by atoms with Gasteiger partial charge >= 0.3 is 0 Å². The van der Waals surface area contributed by atoms with Crippen molar-refractivity contribution in [2.24, 2.45) is 5.73 Å². The highest BCUT2D eigenvalue weighted by atomic mass is 32.2. The number of pyridine rings is 1. The minimum atomic E-state index is -3.66. The average molecular weight is 291 g/mol. The Hall–Kier alpha value is -1.92. The van der Waals surface area contributed by atoms with E-state index in [-0.39, 0.29) is 11.4 Å². The molecule has 0 saturated carbocycles. The number of aromatic nitrogens is 1. The number of nitrogens with two attached hydrogens (primary N) is 1. The fraction of sp³-hybridized carbons (Fsp3) is 0.214. The number of sulfonamides is 1. The van der Waals surface area contributed by atoms with Gasteiger partial charge in [-0.2, -0.15) is 0 Å². The summed E-state index contributed by atoms with van der Waals surface area (Å²) in [5.41, 5.74) is 7.54. The molecule has 2 aromatic rings. The number of rotatable bonds is 4. The van der Waals surface area contributed by atoms with Gasteiger partial charge in [0.1, 0.15) is 4.90 Å². The first-order valence-electron chi connectivity index (χ1n) is 6.16. The van der Waals surface area contributed by atoms with Gasteiger partial charge in [0, 0.05) is 19.8 Å². The van der Waals surface area contributed by atoms with Crippen LogP contribution in [0.25, 0.3) is 0 Å². The largest absolute Gasteiger partial charge is 0.325 e. The molecule has 0 aliphatic rings. The third-order valence-electron chi connectivity index (χ3n) is 3.05. The van der Waals surface area contributed by atoms with Crippen molar-refractivity contribution < 1.29 is 8.42 Å². The smallest absolute Gasteiger partial charge is 0.265 e. The minimum Gasteiger partial charge on any atom is -0.325 e. The van der Waals surface area contributed by atoms with Gasteiger partial charge < -0.3 is 5.73 Å². The van der Waals surface area contributed by atoms with Crippen LogP contribution in [0.1, 0.15) is 11.3 Å². The molecule has 0 fully saturated rings. The van der Waals surface area contributed by atoms with E-state index in [0.29, 0.717) is 11.4 Å². The second-order valence-corrected chi connectivity index (χ2v) is 6.40. The van der Waals surface area contributed by atoms with Crippen LogP contribution in [-0.2, 0) is 16.6 Å². The normalized spacial score (nSPS) is 11.3. The van der Waals surface area contributed by atoms with Crippen LogP contribution in [0.15, 0.2) is 47.5 Å². The van der Waals surface area contributed by atoms with Crippen LogP contribution in [-0.4, -0.2) is 20.4 Å². The van der Waals surface area contributed by atoms with E-state index in [1.54, 1.807) is 12.1 Å². The number of benzene rings is 1. The van der Waals surface area contributed by atoms with Gasteiger partial charge in [-0.15, -0.1) is 0 Å². The quantitative estimate of drug-likeness (QED) is 0.929. The number of hydrogen-bond donors (Lipinski definition) is 1. The molecule has 2 N–H and O–H groups in total. The zero-order valence-corrected chi connectivity index (χ0v) is 12.3. The Morgan fingerprint density at radius 2 is 2.00 bits per heavy atom. The van der Waals surface area contributed by atoms with Crippen molar-refractivity contribution in [1.29, 1.82) is 0 Å². The van der Waals surface area contributed by atoms with Gasteiger partial charge in [-0.3, -0.25) is 9.29 Å². The van der Waals surface area contributed by atoms with E-state index in [4.69, 9.17) is 5.73 Å². The Labute approximate surface area is 119 Å². The van der Waals surface area contributed by atoms with Crippen LogP contribution >= 0.6 is 0 Å². The summed E-state index contributed by atoms with van der Waals surface area (Å²) in [4.78, 5) is 4.17. The van der Waals surface area contributed by atoms with Crippen molar-refractivity contribution in [2.45, 2.75) is 18.4 Å². The molecule has 106 valence electrons. The molecule has 2 rings (SSSR count). The summed E-state index contributed by atoms with van der Waals surface area (Å²) in [7, 11) is -2.14. The molecule has 6 heteroatoms. The number of nitrogens with zero attached hydrogens (tertiary/aromatic N) is 2. The molecule has 0 aliphatic carbocycles. The van der Waals surface area contributed by atoms with Crippen LogP contribution in [0.2, 0.25) is 0 Å². The Morgan fingerprint density at radius 3 is 2.65 bits per heavy atom. The average Bonchev–Trinajstić information content (AvgIpc) is 2.46. The van der Waals surface area contributed by atoms with Crippen molar-refractivity contribution in [2.75, 3.05) is 11.4 Å². The SMILES string of the molecule is Cc1cccc(N(C)S(=O)(=O)c2cccnc2CN)c1. The molecule has 5 nitrogen and oxygen atoms in total. The molecule has 0 spiro atoms. The Morgan fingerprint density at radius 1 is 1.25 bits per heavy atom. The first kappa shape index (κ1) is 14.5. The maximum Gasteiger partial charge on any atom is 0.265 e. The first-order chi connectivity index (χ1) is 9.46. The van der Waals surface area contributed by atoms with Crippen molar-refractivity contribution in [1.82, 2.24) is 4.98 Å². The van der Waals surface area contributed by atoms with E-state index >= 15 is 0 Å². The highest BCUT2D eigenvalue weighted by Crippen LogP contribution is 2.24. The minimum absolute atomic E-state index is 0.0804. The van der Waals surface area contributed by atoms with Crippen LogP contribution in [0, 0.1) is 6.92 Å². The molecular formula is C14H17N3O2S. The summed E-state index contributed by atoms with van der Waals surface area (Å²) >= 11 is 0. The lowest BCUT2D eigenvalue weighted by molar-refractivity contribution is 0.592. The van der Waals surface area contributed by atoms with Gasteiger partial charge in [0.25, 0.3) is 10.0 Å². The van der Waals surface area contributed by atoms with E-state index in [2.05, 4.69) is 4.98 Å². The number of aryl methyl sites for hydroxylation is 1. The molecule has 0 unspecified atom stereocenters. The number of hydrogen-bond acceptors (Lipinski definition) is 4. The lowest BCUT2D eigenvalue weighted by atomic mass is 10.2. The molecule has 0 saturated heterocycles.